The van der Waals surface area contributed by atoms with Crippen LogP contribution in [0, 0.1) is 18.8 Å². The van der Waals surface area contributed by atoms with E-state index in [-0.39, 0.29) is 37.3 Å². The summed E-state index contributed by atoms with van der Waals surface area (Å²) >= 11 is 0. The number of aromatic nitrogens is 2. The van der Waals surface area contributed by atoms with Crippen molar-refractivity contribution in [2.45, 2.75) is 64.7 Å². The normalized spacial score (nSPS) is 13.0. The summed E-state index contributed by atoms with van der Waals surface area (Å²) in [6.45, 7) is 18.1. The number of rotatable bonds is 9. The van der Waals surface area contributed by atoms with Crippen molar-refractivity contribution < 1.29 is 25.8 Å². The minimum absolute atomic E-state index is 0. The first-order chi connectivity index (χ1) is 30.4. The zero-order valence-corrected chi connectivity index (χ0v) is 39.6. The maximum atomic E-state index is 6.67. The van der Waals surface area contributed by atoms with Crippen molar-refractivity contribution in [2.75, 3.05) is 9.80 Å². The Morgan fingerprint density at radius 1 is 0.500 bits per heavy atom. The molecule has 7 aromatic carbocycles. The Kier molecular flexibility index (Phi) is 11.1. The first kappa shape index (κ1) is 42.9. The molecule has 0 atom stereocenters. The molecule has 322 valence electrons. The number of anilines is 4. The molecule has 1 aliphatic heterocycles. The van der Waals surface area contributed by atoms with Crippen molar-refractivity contribution in [3.8, 4) is 17.3 Å². The molecule has 0 saturated carbocycles. The van der Waals surface area contributed by atoms with Crippen LogP contribution >= 0.6 is 0 Å². The second kappa shape index (κ2) is 16.6. The number of benzene rings is 7. The van der Waals surface area contributed by atoms with Crippen LogP contribution in [0.2, 0.25) is 0 Å². The van der Waals surface area contributed by atoms with Gasteiger partial charge in [-0.1, -0.05) is 151 Å². The summed E-state index contributed by atoms with van der Waals surface area (Å²) in [4.78, 5) is 9.46. The molecular weight excluding hydrogens is 964 g/mol. The molecule has 1 aliphatic rings. The SMILES string of the molecule is CC(C)(C)c1ccc2c(c1)N(c1cccc(C(C)(C)c3ccccc3)c1)[CH-]N2c1[c-]c(Oc2[c-]c3c(cc2)c2ccccc2n3-c2cc(C(C)(C)c3ccccc3)ccn2)ccc1.[Pt]. The zero-order valence-electron chi connectivity index (χ0n) is 37.3. The summed E-state index contributed by atoms with van der Waals surface area (Å²) < 4.78 is 8.87. The van der Waals surface area contributed by atoms with E-state index in [1.54, 1.807) is 0 Å². The molecule has 3 heterocycles. The van der Waals surface area contributed by atoms with Crippen LogP contribution in [0.25, 0.3) is 27.6 Å². The number of hydrogen-bond acceptors (Lipinski definition) is 4. The van der Waals surface area contributed by atoms with Gasteiger partial charge in [0.2, 0.25) is 0 Å². The summed E-state index contributed by atoms with van der Waals surface area (Å²) in [6.07, 6.45) is 1.91. The quantitative estimate of drug-likeness (QED) is 0.135. The molecule has 0 radical (unpaired) electrons. The molecular formula is C58H51N4OPt-3. The largest absolute Gasteiger partial charge is 0.509 e. The van der Waals surface area contributed by atoms with Gasteiger partial charge in [0.05, 0.1) is 0 Å². The van der Waals surface area contributed by atoms with Crippen LogP contribution in [0.3, 0.4) is 0 Å². The number of ether oxygens (including phenoxy) is 1. The van der Waals surface area contributed by atoms with E-state index in [1.165, 1.54) is 27.8 Å². The number of fused-ring (bicyclic) bond motifs is 4. The van der Waals surface area contributed by atoms with Crippen LogP contribution in [0.1, 0.15) is 76.3 Å². The molecule has 5 nitrogen and oxygen atoms in total. The van der Waals surface area contributed by atoms with E-state index in [0.29, 0.717) is 11.5 Å². The molecule has 9 aromatic rings. The molecule has 0 spiro atoms. The van der Waals surface area contributed by atoms with Crippen molar-refractivity contribution in [3.63, 3.8) is 0 Å². The molecule has 10 rings (SSSR count). The second-order valence-electron chi connectivity index (χ2n) is 18.7. The predicted octanol–water partition coefficient (Wildman–Crippen LogP) is 14.9. The maximum absolute atomic E-state index is 6.67. The molecule has 0 unspecified atom stereocenters. The first-order valence-corrected chi connectivity index (χ1v) is 21.8. The fourth-order valence-electron chi connectivity index (χ4n) is 8.97. The minimum atomic E-state index is -0.223. The van der Waals surface area contributed by atoms with Crippen LogP contribution < -0.4 is 14.5 Å². The average molecular weight is 1020 g/mol. The van der Waals surface area contributed by atoms with Crippen LogP contribution in [0.5, 0.6) is 11.5 Å². The second-order valence-corrected chi connectivity index (χ2v) is 18.7. The van der Waals surface area contributed by atoms with Crippen molar-refractivity contribution in [3.05, 3.63) is 223 Å². The monoisotopic (exact) mass is 1010 g/mol. The van der Waals surface area contributed by atoms with Crippen molar-refractivity contribution in [1.82, 2.24) is 9.55 Å². The van der Waals surface area contributed by atoms with Gasteiger partial charge in [-0.2, -0.15) is 12.1 Å². The predicted molar refractivity (Wildman–Crippen MR) is 260 cm³/mol. The van der Waals surface area contributed by atoms with Crippen LogP contribution in [0.4, 0.5) is 22.7 Å². The fourth-order valence-corrected chi connectivity index (χ4v) is 8.97. The summed E-state index contributed by atoms with van der Waals surface area (Å²) in [7, 11) is 0. The van der Waals surface area contributed by atoms with Gasteiger partial charge >= 0.3 is 0 Å². The molecule has 64 heavy (non-hydrogen) atoms. The molecule has 0 aliphatic carbocycles. The number of para-hydroxylation sites is 1. The number of pyridine rings is 1. The van der Waals surface area contributed by atoms with E-state index in [9.17, 15) is 0 Å². The zero-order chi connectivity index (χ0) is 43.5. The summed E-state index contributed by atoms with van der Waals surface area (Å²) in [5, 5.41) is 2.22. The first-order valence-electron chi connectivity index (χ1n) is 21.8. The van der Waals surface area contributed by atoms with E-state index in [0.717, 1.165) is 50.4 Å². The van der Waals surface area contributed by atoms with Crippen LogP contribution in [-0.4, -0.2) is 9.55 Å². The van der Waals surface area contributed by atoms with E-state index < -0.39 is 0 Å². The van der Waals surface area contributed by atoms with Crippen molar-refractivity contribution in [1.29, 1.82) is 0 Å². The molecule has 2 aromatic heterocycles. The Labute approximate surface area is 392 Å². The van der Waals surface area contributed by atoms with Gasteiger partial charge in [-0.25, -0.2) is 4.98 Å². The Balaban J connectivity index is 0.00000518. The Hall–Kier alpha value is -6.42. The molecule has 0 saturated heterocycles. The number of hydrogen-bond donors (Lipinski definition) is 0. The third-order valence-corrected chi connectivity index (χ3v) is 12.9. The summed E-state index contributed by atoms with van der Waals surface area (Å²) in [6, 6.07) is 67.4. The summed E-state index contributed by atoms with van der Waals surface area (Å²) in [5.74, 6) is 2.03. The van der Waals surface area contributed by atoms with Gasteiger partial charge in [-0.05, 0) is 81.1 Å². The van der Waals surface area contributed by atoms with Gasteiger partial charge in [0.1, 0.15) is 5.82 Å². The Morgan fingerprint density at radius 2 is 1.14 bits per heavy atom. The standard InChI is InChI=1S/C58H51N4O.Pt/c1-56(2,3)42-28-31-52-54(35-42)61(45-23-16-22-43(34-45)57(4,5)40-18-10-8-11-19-40)39-60(52)46-24-17-25-47(37-46)63-48-29-30-50-49-26-14-15-27-51(49)62(53(50)38-48)55-36-44(32-33-59-55)58(6,7)41-20-12-9-13-21-41;/h8-36,39H,1-7H3;/q-3;. The van der Waals surface area contributed by atoms with Crippen molar-refractivity contribution >= 4 is 44.6 Å². The van der Waals surface area contributed by atoms with E-state index in [1.807, 2.05) is 24.4 Å². The van der Waals surface area contributed by atoms with E-state index in [2.05, 4.69) is 233 Å². The maximum Gasteiger partial charge on any atom is 0.135 e. The van der Waals surface area contributed by atoms with Gasteiger partial charge < -0.3 is 19.1 Å². The fraction of sp³-hybridized carbons (Fsp3) is 0.172. The summed E-state index contributed by atoms with van der Waals surface area (Å²) in [5.41, 5.74) is 11.9. The number of nitrogens with zero attached hydrogens (tertiary/aromatic N) is 4. The smallest absolute Gasteiger partial charge is 0.135 e. The Morgan fingerprint density at radius 3 is 1.86 bits per heavy atom. The molecule has 6 heteroatoms. The van der Waals surface area contributed by atoms with E-state index >= 15 is 0 Å². The van der Waals surface area contributed by atoms with Gasteiger partial charge in [0, 0.05) is 72.2 Å². The minimum Gasteiger partial charge on any atom is -0.509 e. The Bertz CT molecular complexity index is 3130. The van der Waals surface area contributed by atoms with Crippen LogP contribution in [-0.2, 0) is 37.3 Å². The molecule has 0 N–H and O–H groups in total. The van der Waals surface area contributed by atoms with Gasteiger partial charge in [0.25, 0.3) is 0 Å². The van der Waals surface area contributed by atoms with Gasteiger partial charge in [0.15, 0.2) is 0 Å². The van der Waals surface area contributed by atoms with Crippen LogP contribution in [0.15, 0.2) is 176 Å². The van der Waals surface area contributed by atoms with Crippen molar-refractivity contribution in [2.24, 2.45) is 0 Å². The molecule has 0 fully saturated rings. The topological polar surface area (TPSA) is 33.5 Å². The molecule has 0 bridgehead atoms. The van der Waals surface area contributed by atoms with Gasteiger partial charge in [-0.3, -0.25) is 0 Å². The molecule has 0 amide bonds. The van der Waals surface area contributed by atoms with E-state index in [4.69, 9.17) is 9.72 Å². The third kappa shape index (κ3) is 7.71. The third-order valence-electron chi connectivity index (χ3n) is 12.9. The average Bonchev–Trinajstić information content (AvgIpc) is 3.85. The van der Waals surface area contributed by atoms with Gasteiger partial charge in [-0.15, -0.1) is 48.1 Å².